The molecule has 2 aromatic rings. The van der Waals surface area contributed by atoms with Gasteiger partial charge in [0.15, 0.2) is 18.1 Å². The van der Waals surface area contributed by atoms with Crippen molar-refractivity contribution in [2.75, 3.05) is 13.1 Å². The molecule has 5 rings (SSSR count). The number of guanidine groups is 2. The minimum atomic E-state index is -1.47. The van der Waals surface area contributed by atoms with Crippen LogP contribution in [0.4, 0.5) is 0 Å². The molecule has 0 saturated heterocycles. The van der Waals surface area contributed by atoms with Gasteiger partial charge in [-0.25, -0.2) is 9.98 Å². The zero-order chi connectivity index (χ0) is 29.8. The molecule has 4 heterocycles. The zero-order valence-electron chi connectivity index (χ0n) is 20.6. The van der Waals surface area contributed by atoms with Crippen molar-refractivity contribution in [3.63, 3.8) is 0 Å². The third-order valence-corrected chi connectivity index (χ3v) is 11.8. The van der Waals surface area contributed by atoms with E-state index in [-0.39, 0.29) is 36.4 Å². The number of alkyl halides is 1. The maximum Gasteiger partial charge on any atom is 0.267 e. The Labute approximate surface area is 271 Å². The molecule has 0 aromatic carbocycles. The van der Waals surface area contributed by atoms with Crippen molar-refractivity contribution in [1.29, 1.82) is 0 Å². The van der Waals surface area contributed by atoms with Crippen molar-refractivity contribution < 1.29 is 19.5 Å². The van der Waals surface area contributed by atoms with E-state index in [9.17, 15) is 19.5 Å². The number of H-pyrrole nitrogens is 2. The molecule has 1 saturated carbocycles. The summed E-state index contributed by atoms with van der Waals surface area (Å²) in [7, 11) is 0. The highest BCUT2D eigenvalue weighted by atomic mass is 79.9. The Balaban J connectivity index is 1.49. The first-order chi connectivity index (χ1) is 19.3. The van der Waals surface area contributed by atoms with Gasteiger partial charge in [-0.05, 0) is 81.8 Å². The summed E-state index contributed by atoms with van der Waals surface area (Å²) < 4.78 is 2.49. The summed E-state index contributed by atoms with van der Waals surface area (Å²) in [4.78, 5) is 53.3. The number of carbonyl (C=O) groups is 3. The molecular weight excluding hydrogens is 823 g/mol. The molecule has 2 aliphatic heterocycles. The van der Waals surface area contributed by atoms with E-state index < -0.39 is 58.7 Å². The number of hydrogen-bond acceptors (Lipinski definition) is 9. The normalized spacial score (nSPS) is 30.6. The van der Waals surface area contributed by atoms with Crippen LogP contribution in [0.1, 0.15) is 21.0 Å². The monoisotopic (exact) mass is 842 g/mol. The Hall–Kier alpha value is -2.12. The Morgan fingerprint density at radius 1 is 0.951 bits per heavy atom. The van der Waals surface area contributed by atoms with Gasteiger partial charge in [-0.15, -0.1) is 11.6 Å². The predicted molar refractivity (Wildman–Crippen MR) is 164 cm³/mol. The lowest BCUT2D eigenvalue weighted by Crippen LogP contribution is -2.64. The molecule has 2 aromatic heterocycles. The van der Waals surface area contributed by atoms with Crippen molar-refractivity contribution in [2.24, 2.45) is 39.2 Å². The maximum absolute atomic E-state index is 13.1. The van der Waals surface area contributed by atoms with Crippen molar-refractivity contribution >= 4 is 105 Å². The van der Waals surface area contributed by atoms with Crippen LogP contribution in [0.2, 0.25) is 0 Å². The molecule has 7 unspecified atom stereocenters. The van der Waals surface area contributed by atoms with E-state index in [1.807, 2.05) is 0 Å². The number of halogens is 5. The van der Waals surface area contributed by atoms with Crippen molar-refractivity contribution in [1.82, 2.24) is 31.2 Å². The number of hydrogen-bond donors (Lipinski definition) is 9. The van der Waals surface area contributed by atoms with Gasteiger partial charge in [0, 0.05) is 24.9 Å². The number of nitrogens with zero attached hydrogens (tertiary/aromatic N) is 2. The Morgan fingerprint density at radius 2 is 1.49 bits per heavy atom. The SMILES string of the molecule is NC1=NC(C2C(CNC(=O)c3cc(Br)c(Br)[nH]3)C(CNC(=O)c3cc(Br)c(Br)[nH]3)C(Cl)C23NC(N)=NC3O)C(=O)N1. The van der Waals surface area contributed by atoms with Crippen LogP contribution in [0.3, 0.4) is 0 Å². The largest absolute Gasteiger partial charge is 0.370 e. The molecule has 1 spiro atoms. The van der Waals surface area contributed by atoms with E-state index in [1.54, 1.807) is 12.1 Å². The molecule has 3 amide bonds. The summed E-state index contributed by atoms with van der Waals surface area (Å²) in [6.45, 7) is 0.0118. The average molecular weight is 847 g/mol. The zero-order valence-corrected chi connectivity index (χ0v) is 27.7. The van der Waals surface area contributed by atoms with E-state index >= 15 is 0 Å². The fraction of sp³-hybridized carbons (Fsp3) is 0.409. The Kier molecular flexibility index (Phi) is 8.52. The van der Waals surface area contributed by atoms with Crippen LogP contribution < -0.4 is 32.7 Å². The number of nitrogens with two attached hydrogens (primary N) is 2. The first-order valence-electron chi connectivity index (χ1n) is 12.1. The molecule has 7 atom stereocenters. The predicted octanol–water partition coefficient (Wildman–Crippen LogP) is 0.810. The van der Waals surface area contributed by atoms with Gasteiger partial charge in [0.1, 0.15) is 23.0 Å². The van der Waals surface area contributed by atoms with E-state index in [2.05, 4.69) is 105 Å². The van der Waals surface area contributed by atoms with Crippen LogP contribution in [0.25, 0.3) is 0 Å². The van der Waals surface area contributed by atoms with Gasteiger partial charge in [0.05, 0.1) is 23.5 Å². The van der Waals surface area contributed by atoms with Crippen LogP contribution in [0, 0.1) is 17.8 Å². The van der Waals surface area contributed by atoms with Crippen molar-refractivity contribution in [3.05, 3.63) is 41.7 Å². The lowest BCUT2D eigenvalue weighted by Gasteiger charge is -2.39. The molecule has 220 valence electrons. The van der Waals surface area contributed by atoms with Gasteiger partial charge >= 0.3 is 0 Å². The average Bonchev–Trinajstić information content (AvgIpc) is 3.66. The van der Waals surface area contributed by atoms with Crippen LogP contribution in [-0.4, -0.2) is 81.0 Å². The van der Waals surface area contributed by atoms with E-state index in [1.165, 1.54) is 0 Å². The summed E-state index contributed by atoms with van der Waals surface area (Å²) in [5, 5.41) is 21.5. The van der Waals surface area contributed by atoms with Crippen molar-refractivity contribution in [2.45, 2.75) is 23.2 Å². The second-order valence-electron chi connectivity index (χ2n) is 9.76. The lowest BCUT2D eigenvalue weighted by molar-refractivity contribution is -0.122. The second kappa shape index (κ2) is 11.5. The van der Waals surface area contributed by atoms with Gasteiger partial charge in [0.2, 0.25) is 0 Å². The fourth-order valence-corrected chi connectivity index (χ4v) is 7.68. The highest BCUT2D eigenvalue weighted by molar-refractivity contribution is 9.13. The summed E-state index contributed by atoms with van der Waals surface area (Å²) in [5.74, 6) is -3.61. The third-order valence-electron chi connectivity index (χ3n) is 7.50. The molecule has 11 N–H and O–H groups in total. The van der Waals surface area contributed by atoms with E-state index in [4.69, 9.17) is 23.1 Å². The first kappa shape index (κ1) is 30.3. The summed E-state index contributed by atoms with van der Waals surface area (Å²) >= 11 is 20.4. The van der Waals surface area contributed by atoms with Gasteiger partial charge < -0.3 is 42.5 Å². The summed E-state index contributed by atoms with van der Waals surface area (Å²) in [6.07, 6.45) is -1.45. The van der Waals surface area contributed by atoms with Gasteiger partial charge in [-0.1, -0.05) is 0 Å². The van der Waals surface area contributed by atoms with Crippen LogP contribution >= 0.6 is 75.3 Å². The minimum Gasteiger partial charge on any atom is -0.370 e. The molecule has 1 aliphatic carbocycles. The second-order valence-corrected chi connectivity index (χ2v) is 13.5. The lowest BCUT2D eigenvalue weighted by atomic mass is 9.76. The van der Waals surface area contributed by atoms with Crippen LogP contribution in [0.5, 0.6) is 0 Å². The molecule has 14 nitrogen and oxygen atoms in total. The number of aliphatic hydroxyl groups excluding tert-OH is 1. The Morgan fingerprint density at radius 3 is 1.90 bits per heavy atom. The molecule has 41 heavy (non-hydrogen) atoms. The third kappa shape index (κ3) is 5.42. The molecule has 1 fully saturated rings. The van der Waals surface area contributed by atoms with Gasteiger partial charge in [-0.2, -0.15) is 0 Å². The molecule has 19 heteroatoms. The maximum atomic E-state index is 13.1. The number of carbonyl (C=O) groups excluding carboxylic acids is 3. The number of aromatic amines is 2. The summed E-state index contributed by atoms with van der Waals surface area (Å²) in [5.41, 5.74) is 10.9. The highest BCUT2D eigenvalue weighted by Gasteiger charge is 2.68. The molecule has 3 aliphatic rings. The molecule has 0 bridgehead atoms. The fourth-order valence-electron chi connectivity index (χ4n) is 5.78. The minimum absolute atomic E-state index is 0.00360. The van der Waals surface area contributed by atoms with Crippen LogP contribution in [-0.2, 0) is 4.79 Å². The standard InChI is InChI=1S/C22H23Br4ClN10O4/c23-7-1-9(32-14(7)25)16(38)30-3-5-6(4-31-17(39)10-2-8(24)15(26)33-10)13(27)22(19(41)36-21(29)37-22)11(5)12-18(40)35-20(28)34-12/h1-2,5-6,11-13,19,32-33,41H,3-4H2,(H,30,38)(H,31,39)(H3,29,36,37)(H3,28,34,35,40). The quantitative estimate of drug-likeness (QED) is 0.182. The number of aliphatic hydroxyl groups is 1. The van der Waals surface area contributed by atoms with E-state index in [0.29, 0.717) is 18.2 Å². The Bertz CT molecular complexity index is 1440. The first-order valence-corrected chi connectivity index (χ1v) is 15.7. The van der Waals surface area contributed by atoms with Crippen molar-refractivity contribution in [3.8, 4) is 0 Å². The number of aromatic nitrogens is 2. The highest BCUT2D eigenvalue weighted by Crippen LogP contribution is 2.53. The number of rotatable bonds is 7. The van der Waals surface area contributed by atoms with Gasteiger partial charge in [-0.3, -0.25) is 19.7 Å². The smallest absolute Gasteiger partial charge is 0.267 e. The van der Waals surface area contributed by atoms with Gasteiger partial charge in [0.25, 0.3) is 17.7 Å². The number of amides is 3. The topological polar surface area (TPSA) is 228 Å². The van der Waals surface area contributed by atoms with Crippen LogP contribution in [0.15, 0.2) is 40.3 Å². The van der Waals surface area contributed by atoms with E-state index in [0.717, 1.165) is 0 Å². The number of aliphatic imine (C=N–C) groups is 2. The summed E-state index contributed by atoms with van der Waals surface area (Å²) in [6, 6.07) is 2.12. The molecule has 0 radical (unpaired) electrons. The number of nitrogens with one attached hydrogen (secondary N) is 6. The molecular formula is C22H23Br4ClN10O4.